The molecule has 0 heterocycles. The first-order valence-electron chi connectivity index (χ1n) is 8.88. The lowest BCUT2D eigenvalue weighted by Gasteiger charge is -2.14. The number of nitrogen functional groups attached to an aromatic ring is 1. The van der Waals surface area contributed by atoms with Crippen LogP contribution in [0.5, 0.6) is 0 Å². The minimum atomic E-state index is -1.09. The van der Waals surface area contributed by atoms with Crippen LogP contribution in [-0.2, 0) is 4.79 Å². The van der Waals surface area contributed by atoms with Crippen LogP contribution in [0, 0.1) is 15.5 Å². The van der Waals surface area contributed by atoms with Crippen LogP contribution in [0.2, 0.25) is 0 Å². The van der Waals surface area contributed by atoms with Gasteiger partial charge in [-0.15, -0.1) is 0 Å². The van der Waals surface area contributed by atoms with E-state index in [9.17, 15) is 19.7 Å². The molecular formula is C19H24N6O5. The molecule has 11 nitrogen and oxygen atoms in total. The molecule has 0 saturated carbocycles. The maximum Gasteiger partial charge on any atom is 0.326 e. The van der Waals surface area contributed by atoms with Crippen LogP contribution in [0.15, 0.2) is 54.6 Å². The zero-order valence-electron chi connectivity index (χ0n) is 16.1. The highest BCUT2D eigenvalue weighted by Crippen LogP contribution is 2.18. The minimum Gasteiger partial charge on any atom is -0.480 e. The third-order valence-corrected chi connectivity index (χ3v) is 3.76. The van der Waals surface area contributed by atoms with E-state index >= 15 is 0 Å². The van der Waals surface area contributed by atoms with Gasteiger partial charge < -0.3 is 27.2 Å². The number of amides is 1. The molecule has 0 bridgehead atoms. The molecule has 2 rings (SSSR count). The molecular weight excluding hydrogens is 392 g/mol. The number of nitro benzene ring substituents is 1. The maximum absolute atomic E-state index is 11.9. The first kappa shape index (κ1) is 23.9. The van der Waals surface area contributed by atoms with E-state index in [2.05, 4.69) is 10.6 Å². The van der Waals surface area contributed by atoms with Crippen molar-refractivity contribution < 1.29 is 19.6 Å². The number of nitro groups is 1. The van der Waals surface area contributed by atoms with Crippen molar-refractivity contribution in [3.05, 3.63) is 70.3 Å². The fourth-order valence-corrected chi connectivity index (χ4v) is 2.27. The predicted octanol–water partition coefficient (Wildman–Crippen LogP) is 1.31. The number of para-hydroxylation sites is 2. The Balaban J connectivity index is 0.000000375. The van der Waals surface area contributed by atoms with Crippen LogP contribution < -0.4 is 22.1 Å². The molecule has 0 aliphatic heterocycles. The summed E-state index contributed by atoms with van der Waals surface area (Å²) in [6, 6.07) is 13.6. The van der Waals surface area contributed by atoms with Gasteiger partial charge in [0.25, 0.3) is 11.6 Å². The zero-order valence-corrected chi connectivity index (χ0v) is 16.1. The molecule has 11 heteroatoms. The number of nitrogens with one attached hydrogen (secondary N) is 3. The van der Waals surface area contributed by atoms with Crippen LogP contribution in [0.4, 0.5) is 11.4 Å². The lowest BCUT2D eigenvalue weighted by Crippen LogP contribution is -2.41. The monoisotopic (exact) mass is 416 g/mol. The van der Waals surface area contributed by atoms with Crippen LogP contribution in [0.1, 0.15) is 23.2 Å². The van der Waals surface area contributed by atoms with E-state index in [4.69, 9.17) is 22.0 Å². The molecule has 2 aromatic carbocycles. The highest BCUT2D eigenvalue weighted by Gasteiger charge is 2.20. The summed E-state index contributed by atoms with van der Waals surface area (Å²) < 4.78 is 0. The number of nitrogens with two attached hydrogens (primary N) is 2. The Morgan fingerprint density at radius 1 is 1.13 bits per heavy atom. The van der Waals surface area contributed by atoms with Gasteiger partial charge in [0.2, 0.25) is 0 Å². The SMILES string of the molecule is N=C(N)NCCCC(NC(=O)c1ccccc1)C(=O)O.Nc1ccccc1[N+](=O)[O-]. The van der Waals surface area contributed by atoms with E-state index in [1.165, 1.54) is 12.1 Å². The van der Waals surface area contributed by atoms with Gasteiger partial charge in [-0.3, -0.25) is 20.3 Å². The number of aliphatic carboxylic acids is 1. The molecule has 8 N–H and O–H groups in total. The molecule has 0 aliphatic rings. The van der Waals surface area contributed by atoms with Crippen molar-refractivity contribution in [2.75, 3.05) is 12.3 Å². The second-order valence-corrected chi connectivity index (χ2v) is 6.03. The Morgan fingerprint density at radius 2 is 1.73 bits per heavy atom. The number of carboxylic acid groups (broad SMARTS) is 1. The Bertz CT molecular complexity index is 875. The Morgan fingerprint density at radius 3 is 2.23 bits per heavy atom. The molecule has 2 aromatic rings. The fraction of sp³-hybridized carbons (Fsp3) is 0.211. The largest absolute Gasteiger partial charge is 0.480 e. The van der Waals surface area contributed by atoms with Gasteiger partial charge in [0.05, 0.1) is 4.92 Å². The van der Waals surface area contributed by atoms with Crippen LogP contribution in [0.3, 0.4) is 0 Å². The summed E-state index contributed by atoms with van der Waals surface area (Å²) in [5.41, 5.74) is 11.0. The van der Waals surface area contributed by atoms with E-state index in [0.717, 1.165) is 0 Å². The number of carbonyl (C=O) groups excluding carboxylic acids is 1. The summed E-state index contributed by atoms with van der Waals surface area (Å²) in [6.07, 6.45) is 0.736. The Hall–Kier alpha value is -4.15. The van der Waals surface area contributed by atoms with Gasteiger partial charge in [-0.05, 0) is 31.0 Å². The van der Waals surface area contributed by atoms with E-state index in [-0.39, 0.29) is 23.8 Å². The lowest BCUT2D eigenvalue weighted by atomic mass is 10.1. The van der Waals surface area contributed by atoms with Crippen molar-refractivity contribution in [1.82, 2.24) is 10.6 Å². The van der Waals surface area contributed by atoms with E-state index in [1.54, 1.807) is 42.5 Å². The molecule has 160 valence electrons. The number of carbonyl (C=O) groups is 2. The summed E-state index contributed by atoms with van der Waals surface area (Å²) in [7, 11) is 0. The van der Waals surface area contributed by atoms with Crippen molar-refractivity contribution in [3.63, 3.8) is 0 Å². The molecule has 0 aromatic heterocycles. The summed E-state index contributed by atoms with van der Waals surface area (Å²) in [4.78, 5) is 32.6. The average molecular weight is 416 g/mol. The van der Waals surface area contributed by atoms with Gasteiger partial charge in [-0.2, -0.15) is 0 Å². The normalized spacial score (nSPS) is 10.7. The van der Waals surface area contributed by atoms with E-state index in [0.29, 0.717) is 18.5 Å². The number of anilines is 1. The van der Waals surface area contributed by atoms with Crippen LogP contribution in [-0.4, -0.2) is 40.5 Å². The topological polar surface area (TPSA) is 197 Å². The molecule has 1 atom stereocenters. The van der Waals surface area contributed by atoms with Crippen LogP contribution >= 0.6 is 0 Å². The van der Waals surface area contributed by atoms with E-state index in [1.807, 2.05) is 0 Å². The average Bonchev–Trinajstić information content (AvgIpc) is 2.71. The molecule has 1 amide bonds. The van der Waals surface area contributed by atoms with Gasteiger partial charge >= 0.3 is 5.97 Å². The highest BCUT2D eigenvalue weighted by molar-refractivity contribution is 5.96. The quantitative estimate of drug-likeness (QED) is 0.0924. The van der Waals surface area contributed by atoms with Gasteiger partial charge in [0.1, 0.15) is 11.7 Å². The molecule has 0 fully saturated rings. The number of hydrogen-bond acceptors (Lipinski definition) is 6. The fourth-order valence-electron chi connectivity index (χ4n) is 2.27. The Kier molecular flexibility index (Phi) is 9.82. The summed E-state index contributed by atoms with van der Waals surface area (Å²) in [6.45, 7) is 0.389. The molecule has 0 saturated heterocycles. The lowest BCUT2D eigenvalue weighted by molar-refractivity contribution is -0.383. The number of hydrogen-bond donors (Lipinski definition) is 6. The number of carboxylic acids is 1. The third-order valence-electron chi connectivity index (χ3n) is 3.76. The molecule has 0 aliphatic carbocycles. The predicted molar refractivity (Wildman–Crippen MR) is 112 cm³/mol. The molecule has 1 unspecified atom stereocenters. The van der Waals surface area contributed by atoms with Gasteiger partial charge in [-0.25, -0.2) is 4.79 Å². The van der Waals surface area contributed by atoms with Crippen molar-refractivity contribution >= 4 is 29.2 Å². The first-order valence-corrected chi connectivity index (χ1v) is 8.88. The standard InChI is InChI=1S/C13H18N4O3.C6H6N2O2/c14-13(15)16-8-4-7-10(12(19)20)17-11(18)9-5-2-1-3-6-9;7-5-3-1-2-4-6(5)8(9)10/h1-3,5-6,10H,4,7-8H2,(H,17,18)(H,19,20)(H4,14,15,16);1-4H,7H2. The highest BCUT2D eigenvalue weighted by atomic mass is 16.6. The Labute approximate surface area is 172 Å². The summed E-state index contributed by atoms with van der Waals surface area (Å²) >= 11 is 0. The second kappa shape index (κ2) is 12.3. The summed E-state index contributed by atoms with van der Waals surface area (Å²) in [5, 5.41) is 31.2. The van der Waals surface area contributed by atoms with Crippen molar-refractivity contribution in [1.29, 1.82) is 5.41 Å². The van der Waals surface area contributed by atoms with E-state index < -0.39 is 22.8 Å². The van der Waals surface area contributed by atoms with Crippen molar-refractivity contribution in [2.45, 2.75) is 18.9 Å². The maximum atomic E-state index is 11.9. The smallest absolute Gasteiger partial charge is 0.326 e. The second-order valence-electron chi connectivity index (χ2n) is 6.03. The number of rotatable bonds is 8. The third kappa shape index (κ3) is 8.69. The molecule has 30 heavy (non-hydrogen) atoms. The zero-order chi connectivity index (χ0) is 22.5. The van der Waals surface area contributed by atoms with Gasteiger partial charge in [-0.1, -0.05) is 30.3 Å². The van der Waals surface area contributed by atoms with Crippen molar-refractivity contribution in [2.24, 2.45) is 5.73 Å². The van der Waals surface area contributed by atoms with Gasteiger partial charge in [0, 0.05) is 18.2 Å². The number of guanidine groups is 1. The molecule has 0 spiro atoms. The first-order chi connectivity index (χ1) is 14.2. The van der Waals surface area contributed by atoms with Gasteiger partial charge in [0.15, 0.2) is 5.96 Å². The van der Waals surface area contributed by atoms with Crippen LogP contribution in [0.25, 0.3) is 0 Å². The number of benzene rings is 2. The minimum absolute atomic E-state index is 0.0394. The number of nitrogens with zero attached hydrogens (tertiary/aromatic N) is 1. The molecule has 0 radical (unpaired) electrons. The van der Waals surface area contributed by atoms with Crippen molar-refractivity contribution in [3.8, 4) is 0 Å². The summed E-state index contributed by atoms with van der Waals surface area (Å²) in [5.74, 6) is -1.67.